The van der Waals surface area contributed by atoms with Crippen molar-refractivity contribution in [2.24, 2.45) is 5.41 Å². The van der Waals surface area contributed by atoms with E-state index in [1.54, 1.807) is 13.8 Å². The lowest BCUT2D eigenvalue weighted by molar-refractivity contribution is -0.120. The Morgan fingerprint density at radius 1 is 1.36 bits per heavy atom. The van der Waals surface area contributed by atoms with Crippen molar-refractivity contribution in [3.05, 3.63) is 0 Å². The summed E-state index contributed by atoms with van der Waals surface area (Å²) in [5.41, 5.74) is -0.863. The van der Waals surface area contributed by atoms with Gasteiger partial charge in [0.15, 0.2) is 0 Å². The van der Waals surface area contributed by atoms with Gasteiger partial charge in [-0.05, 0) is 13.3 Å². The van der Waals surface area contributed by atoms with E-state index in [0.717, 1.165) is 6.92 Å². The molecule has 0 radical (unpaired) electrons. The van der Waals surface area contributed by atoms with Gasteiger partial charge in [-0.15, -0.1) is 0 Å². The van der Waals surface area contributed by atoms with Crippen LogP contribution >= 0.6 is 0 Å². The lowest BCUT2D eigenvalue weighted by Crippen LogP contribution is -2.26. The van der Waals surface area contributed by atoms with Crippen LogP contribution in [0.4, 0.5) is 8.78 Å². The van der Waals surface area contributed by atoms with Crippen LogP contribution < -0.4 is 0 Å². The molecule has 3 heteroatoms. The van der Waals surface area contributed by atoms with Crippen LogP contribution in [0.1, 0.15) is 33.6 Å². The number of carbonyl (C=O) groups excluding carboxylic acids is 1. The molecule has 0 bridgehead atoms. The topological polar surface area (TPSA) is 17.1 Å². The van der Waals surface area contributed by atoms with Crippen LogP contribution in [-0.2, 0) is 4.79 Å². The predicted molar refractivity (Wildman–Crippen MR) is 39.7 cm³/mol. The van der Waals surface area contributed by atoms with E-state index >= 15 is 0 Å². The summed E-state index contributed by atoms with van der Waals surface area (Å²) in [6, 6.07) is 0. The Morgan fingerprint density at radius 2 is 1.82 bits per heavy atom. The fraction of sp³-hybridized carbons (Fsp3) is 0.875. The third-order valence-corrected chi connectivity index (χ3v) is 1.81. The number of halogens is 2. The maximum atomic E-state index is 12.4. The molecule has 1 atom stereocenters. The van der Waals surface area contributed by atoms with Gasteiger partial charge in [-0.1, -0.05) is 13.8 Å². The SMILES string of the molecule is CCC(C)(C=O)CC(C)(F)F. The molecule has 0 rings (SSSR count). The number of hydrogen-bond donors (Lipinski definition) is 0. The molecule has 1 unspecified atom stereocenters. The van der Waals surface area contributed by atoms with Gasteiger partial charge in [-0.2, -0.15) is 0 Å². The second-order valence-electron chi connectivity index (χ2n) is 3.37. The van der Waals surface area contributed by atoms with Gasteiger partial charge in [0, 0.05) is 11.8 Å². The molecule has 0 spiro atoms. The Bertz CT molecular complexity index is 140. The molecule has 0 aliphatic rings. The highest BCUT2D eigenvalue weighted by Gasteiger charge is 2.33. The van der Waals surface area contributed by atoms with Crippen molar-refractivity contribution in [2.75, 3.05) is 0 Å². The average molecular weight is 164 g/mol. The van der Waals surface area contributed by atoms with E-state index in [4.69, 9.17) is 0 Å². The fourth-order valence-electron chi connectivity index (χ4n) is 0.959. The first-order chi connectivity index (χ1) is 4.83. The maximum absolute atomic E-state index is 12.4. The lowest BCUT2D eigenvalue weighted by Gasteiger charge is -2.24. The summed E-state index contributed by atoms with van der Waals surface area (Å²) in [5.74, 6) is -2.74. The Hall–Kier alpha value is -0.470. The van der Waals surface area contributed by atoms with Crippen molar-refractivity contribution in [1.82, 2.24) is 0 Å². The summed E-state index contributed by atoms with van der Waals surface area (Å²) in [6.07, 6.45) is 0.713. The molecule has 66 valence electrons. The van der Waals surface area contributed by atoms with Gasteiger partial charge in [0.25, 0.3) is 0 Å². The molecule has 0 aromatic rings. The molecule has 11 heavy (non-hydrogen) atoms. The highest BCUT2D eigenvalue weighted by molar-refractivity contribution is 5.58. The Kier molecular flexibility index (Phi) is 3.14. The van der Waals surface area contributed by atoms with Gasteiger partial charge >= 0.3 is 0 Å². The van der Waals surface area contributed by atoms with E-state index in [0.29, 0.717) is 12.7 Å². The third kappa shape index (κ3) is 4.06. The van der Waals surface area contributed by atoms with Crippen LogP contribution in [0.15, 0.2) is 0 Å². The Morgan fingerprint density at radius 3 is 1.91 bits per heavy atom. The van der Waals surface area contributed by atoms with Crippen molar-refractivity contribution in [2.45, 2.75) is 39.5 Å². The largest absolute Gasteiger partial charge is 0.303 e. The second kappa shape index (κ2) is 3.28. The van der Waals surface area contributed by atoms with Crippen LogP contribution in [0.3, 0.4) is 0 Å². The summed E-state index contributed by atoms with van der Waals surface area (Å²) >= 11 is 0. The molecular formula is C8H14F2O. The van der Waals surface area contributed by atoms with Crippen LogP contribution in [0.25, 0.3) is 0 Å². The van der Waals surface area contributed by atoms with Crippen LogP contribution in [-0.4, -0.2) is 12.2 Å². The van der Waals surface area contributed by atoms with Crippen molar-refractivity contribution in [3.63, 3.8) is 0 Å². The van der Waals surface area contributed by atoms with Gasteiger partial charge < -0.3 is 4.79 Å². The molecule has 1 nitrogen and oxygen atoms in total. The fourth-order valence-corrected chi connectivity index (χ4v) is 0.959. The van der Waals surface area contributed by atoms with E-state index in [2.05, 4.69) is 0 Å². The molecular weight excluding hydrogens is 150 g/mol. The van der Waals surface area contributed by atoms with Gasteiger partial charge in [0.2, 0.25) is 5.92 Å². The van der Waals surface area contributed by atoms with E-state index < -0.39 is 11.3 Å². The van der Waals surface area contributed by atoms with E-state index in [9.17, 15) is 13.6 Å². The quantitative estimate of drug-likeness (QED) is 0.584. The smallest absolute Gasteiger partial charge is 0.246 e. The first-order valence-electron chi connectivity index (χ1n) is 3.67. The van der Waals surface area contributed by atoms with Gasteiger partial charge in [0.05, 0.1) is 0 Å². The number of carbonyl (C=O) groups is 1. The van der Waals surface area contributed by atoms with Gasteiger partial charge in [-0.25, -0.2) is 8.78 Å². The van der Waals surface area contributed by atoms with E-state index in [1.165, 1.54) is 0 Å². The van der Waals surface area contributed by atoms with Gasteiger partial charge in [-0.3, -0.25) is 0 Å². The van der Waals surface area contributed by atoms with Crippen LogP contribution in [0, 0.1) is 5.41 Å². The first kappa shape index (κ1) is 10.5. The average Bonchev–Trinajstić information content (AvgIpc) is 1.84. The summed E-state index contributed by atoms with van der Waals surface area (Å²) in [6.45, 7) is 4.13. The van der Waals surface area contributed by atoms with Crippen molar-refractivity contribution < 1.29 is 13.6 Å². The molecule has 0 aromatic carbocycles. The number of alkyl halides is 2. The number of aldehydes is 1. The predicted octanol–water partition coefficient (Wildman–Crippen LogP) is 2.65. The minimum atomic E-state index is -2.74. The summed E-state index contributed by atoms with van der Waals surface area (Å²) in [7, 11) is 0. The highest BCUT2D eigenvalue weighted by atomic mass is 19.3. The minimum absolute atomic E-state index is 0.361. The molecule has 0 saturated carbocycles. The second-order valence-corrected chi connectivity index (χ2v) is 3.37. The van der Waals surface area contributed by atoms with Crippen molar-refractivity contribution >= 4 is 6.29 Å². The van der Waals surface area contributed by atoms with Crippen molar-refractivity contribution in [3.8, 4) is 0 Å². The first-order valence-corrected chi connectivity index (χ1v) is 3.67. The number of rotatable bonds is 4. The normalized spacial score (nSPS) is 17.5. The standard InChI is InChI=1S/C8H14F2O/c1-4-7(2,6-11)5-8(3,9)10/h6H,4-5H2,1-3H3. The summed E-state index contributed by atoms with van der Waals surface area (Å²) in [5, 5.41) is 0. The van der Waals surface area contributed by atoms with Crippen molar-refractivity contribution in [1.29, 1.82) is 0 Å². The van der Waals surface area contributed by atoms with Crippen LogP contribution in [0.2, 0.25) is 0 Å². The zero-order valence-electron chi connectivity index (χ0n) is 7.16. The number of hydrogen-bond acceptors (Lipinski definition) is 1. The molecule has 0 saturated heterocycles. The summed E-state index contributed by atoms with van der Waals surface area (Å²) in [4.78, 5) is 10.4. The monoisotopic (exact) mass is 164 g/mol. The zero-order valence-corrected chi connectivity index (χ0v) is 7.16. The summed E-state index contributed by atoms with van der Waals surface area (Å²) < 4.78 is 24.9. The van der Waals surface area contributed by atoms with E-state index in [-0.39, 0.29) is 6.42 Å². The maximum Gasteiger partial charge on any atom is 0.246 e. The zero-order chi connectivity index (χ0) is 9.12. The molecule has 0 aliphatic carbocycles. The molecule has 0 aliphatic heterocycles. The Labute approximate surface area is 65.8 Å². The molecule has 0 N–H and O–H groups in total. The molecule has 0 aromatic heterocycles. The third-order valence-electron chi connectivity index (χ3n) is 1.81. The molecule has 0 amide bonds. The van der Waals surface area contributed by atoms with E-state index in [1.807, 2.05) is 0 Å². The molecule has 0 heterocycles. The lowest BCUT2D eigenvalue weighted by atomic mass is 9.83. The minimum Gasteiger partial charge on any atom is -0.303 e. The highest BCUT2D eigenvalue weighted by Crippen LogP contribution is 2.32. The molecule has 0 fully saturated rings. The van der Waals surface area contributed by atoms with Crippen LogP contribution in [0.5, 0.6) is 0 Å². The Balaban J connectivity index is 4.19. The van der Waals surface area contributed by atoms with Gasteiger partial charge in [0.1, 0.15) is 6.29 Å².